The van der Waals surface area contributed by atoms with Crippen molar-refractivity contribution in [3.8, 4) is 0 Å². The minimum Gasteiger partial charge on any atom is -0.431 e. The molecule has 0 radical (unpaired) electrons. The largest absolute Gasteiger partial charge is 0.431 e. The molecule has 1 aromatic carbocycles. The summed E-state index contributed by atoms with van der Waals surface area (Å²) in [5.74, 6) is -6.18. The van der Waals surface area contributed by atoms with Crippen LogP contribution in [0.5, 0.6) is 0 Å². The molecule has 0 fully saturated rings. The van der Waals surface area contributed by atoms with Gasteiger partial charge >= 0.3 is 0 Å². The topological polar surface area (TPSA) is 20.2 Å². The molecular weight excluding hydrogens is 324 g/mol. The minimum absolute atomic E-state index is 0.137. The van der Waals surface area contributed by atoms with Gasteiger partial charge in [0, 0.05) is 0 Å². The summed E-state index contributed by atoms with van der Waals surface area (Å²) >= 11 is 0. The van der Waals surface area contributed by atoms with Crippen molar-refractivity contribution < 1.29 is 22.4 Å². The molecule has 0 aliphatic heterocycles. The summed E-state index contributed by atoms with van der Waals surface area (Å²) in [7, 11) is -2.31. The van der Waals surface area contributed by atoms with Gasteiger partial charge in [0.05, 0.1) is 0 Å². The smallest absolute Gasteiger partial charge is 0.197 e. The van der Waals surface area contributed by atoms with Gasteiger partial charge < -0.3 is 4.80 Å². The third-order valence-corrected chi connectivity index (χ3v) is 9.85. The Morgan fingerprint density at radius 1 is 0.870 bits per heavy atom. The Morgan fingerprint density at radius 2 is 1.43 bits per heavy atom. The van der Waals surface area contributed by atoms with Crippen molar-refractivity contribution in [2.45, 2.75) is 70.5 Å². The Hall–Kier alpha value is -0.883. The second kappa shape index (κ2) is 8.28. The zero-order valence-electron chi connectivity index (χ0n) is 14.2. The van der Waals surface area contributed by atoms with Crippen LogP contribution in [0.15, 0.2) is 6.07 Å². The molecule has 1 aromatic rings. The lowest BCUT2D eigenvalue weighted by atomic mass is 10.1. The van der Waals surface area contributed by atoms with Gasteiger partial charge in [-0.3, -0.25) is 0 Å². The molecule has 132 valence electrons. The predicted molar refractivity (Wildman–Crippen MR) is 86.8 cm³/mol. The SMILES string of the molecule is CC(C)[Si](O)(CCCCCc1cc(F)c(F)c(F)c1F)C(C)C. The summed E-state index contributed by atoms with van der Waals surface area (Å²) in [4.78, 5) is 10.8. The quantitative estimate of drug-likeness (QED) is 0.209. The fourth-order valence-corrected chi connectivity index (χ4v) is 6.25. The highest BCUT2D eigenvalue weighted by Gasteiger charge is 2.37. The predicted octanol–water partition coefficient (Wildman–Crippen LogP) is 5.71. The number of hydrogen-bond donors (Lipinski definition) is 1. The maximum absolute atomic E-state index is 13.5. The Kier molecular flexibility index (Phi) is 7.26. The maximum Gasteiger partial charge on any atom is 0.197 e. The molecule has 0 bridgehead atoms. The summed E-state index contributed by atoms with van der Waals surface area (Å²) in [6.07, 6.45) is 2.23. The molecule has 1 rings (SSSR count). The number of aryl methyl sites for hydroxylation is 1. The van der Waals surface area contributed by atoms with Gasteiger partial charge in [0.25, 0.3) is 0 Å². The van der Waals surface area contributed by atoms with E-state index < -0.39 is 31.6 Å². The van der Waals surface area contributed by atoms with Gasteiger partial charge in [-0.2, -0.15) is 0 Å². The van der Waals surface area contributed by atoms with E-state index in [0.29, 0.717) is 6.42 Å². The Balaban J connectivity index is 2.53. The molecule has 1 N–H and O–H groups in total. The minimum atomic E-state index is -2.31. The molecule has 0 saturated carbocycles. The number of halogens is 4. The van der Waals surface area contributed by atoms with E-state index in [1.807, 2.05) is 27.7 Å². The van der Waals surface area contributed by atoms with Crippen molar-refractivity contribution in [1.29, 1.82) is 0 Å². The van der Waals surface area contributed by atoms with Crippen molar-refractivity contribution in [2.24, 2.45) is 0 Å². The van der Waals surface area contributed by atoms with Crippen LogP contribution in [0.4, 0.5) is 17.6 Å². The molecule has 0 aromatic heterocycles. The molecule has 0 aliphatic carbocycles. The van der Waals surface area contributed by atoms with Crippen molar-refractivity contribution in [2.75, 3.05) is 0 Å². The highest BCUT2D eigenvalue weighted by atomic mass is 28.4. The molecule has 0 saturated heterocycles. The average molecular weight is 350 g/mol. The standard InChI is InChI=1S/C17H26F4OSi/c1-11(2)23(22,12(3)4)9-7-5-6-8-13-10-14(18)16(20)17(21)15(13)19/h10-12,22H,5-9H2,1-4H3. The van der Waals surface area contributed by atoms with Crippen molar-refractivity contribution in [3.63, 3.8) is 0 Å². The highest BCUT2D eigenvalue weighted by Crippen LogP contribution is 2.34. The maximum atomic E-state index is 13.5. The van der Waals surface area contributed by atoms with Crippen molar-refractivity contribution >= 4 is 8.32 Å². The van der Waals surface area contributed by atoms with Crippen LogP contribution in [0.2, 0.25) is 17.1 Å². The first-order chi connectivity index (χ1) is 10.6. The van der Waals surface area contributed by atoms with Gasteiger partial charge in [-0.15, -0.1) is 0 Å². The third kappa shape index (κ3) is 4.80. The molecule has 0 atom stereocenters. The summed E-state index contributed by atoms with van der Waals surface area (Å²) < 4.78 is 52.7. The van der Waals surface area contributed by atoms with Gasteiger partial charge in [0.2, 0.25) is 0 Å². The van der Waals surface area contributed by atoms with Crippen LogP contribution in [0.25, 0.3) is 0 Å². The number of benzene rings is 1. The zero-order chi connectivity index (χ0) is 17.8. The van der Waals surface area contributed by atoms with E-state index in [1.54, 1.807) is 0 Å². The Bertz CT molecular complexity index is 524. The van der Waals surface area contributed by atoms with Crippen LogP contribution in [-0.4, -0.2) is 13.1 Å². The van der Waals surface area contributed by atoms with E-state index in [9.17, 15) is 22.4 Å². The van der Waals surface area contributed by atoms with Crippen molar-refractivity contribution in [3.05, 3.63) is 34.9 Å². The fraction of sp³-hybridized carbons (Fsp3) is 0.647. The monoisotopic (exact) mass is 350 g/mol. The van der Waals surface area contributed by atoms with Crippen LogP contribution in [0.3, 0.4) is 0 Å². The fourth-order valence-electron chi connectivity index (χ4n) is 2.95. The van der Waals surface area contributed by atoms with E-state index in [4.69, 9.17) is 0 Å². The van der Waals surface area contributed by atoms with Crippen LogP contribution < -0.4 is 0 Å². The zero-order valence-corrected chi connectivity index (χ0v) is 15.2. The summed E-state index contributed by atoms with van der Waals surface area (Å²) in [6.45, 7) is 8.13. The first-order valence-corrected chi connectivity index (χ1v) is 10.5. The van der Waals surface area contributed by atoms with Crippen LogP contribution in [0.1, 0.15) is 52.5 Å². The molecule has 1 nitrogen and oxygen atoms in total. The summed E-state index contributed by atoms with van der Waals surface area (Å²) in [5, 5.41) is 0. The summed E-state index contributed by atoms with van der Waals surface area (Å²) in [6, 6.07) is 1.48. The third-order valence-electron chi connectivity index (χ3n) is 4.70. The Labute approximate surface area is 136 Å². The highest BCUT2D eigenvalue weighted by molar-refractivity contribution is 6.75. The van der Waals surface area contributed by atoms with Gasteiger partial charge in [0.1, 0.15) is 0 Å². The van der Waals surface area contributed by atoms with E-state index in [-0.39, 0.29) is 23.1 Å². The number of hydrogen-bond acceptors (Lipinski definition) is 1. The molecule has 6 heteroatoms. The molecule has 0 unspecified atom stereocenters. The van der Waals surface area contributed by atoms with Crippen LogP contribution >= 0.6 is 0 Å². The van der Waals surface area contributed by atoms with E-state index in [2.05, 4.69) is 0 Å². The number of rotatable bonds is 8. The second-order valence-electron chi connectivity index (χ2n) is 6.82. The first kappa shape index (κ1) is 20.2. The number of unbranched alkanes of at least 4 members (excludes halogenated alkanes) is 2. The van der Waals surface area contributed by atoms with E-state index in [1.165, 1.54) is 0 Å². The average Bonchev–Trinajstić information content (AvgIpc) is 2.48. The summed E-state index contributed by atoms with van der Waals surface area (Å²) in [5.41, 5.74) is 0.391. The lowest BCUT2D eigenvalue weighted by molar-refractivity contribution is 0.403. The van der Waals surface area contributed by atoms with E-state index >= 15 is 0 Å². The normalized spacial score (nSPS) is 12.5. The lowest BCUT2D eigenvalue weighted by Crippen LogP contribution is -2.41. The van der Waals surface area contributed by atoms with Crippen LogP contribution in [-0.2, 0) is 6.42 Å². The molecular formula is C17H26F4OSi. The molecule has 0 aliphatic rings. The van der Waals surface area contributed by atoms with Gasteiger partial charge in [-0.05, 0) is 41.6 Å². The van der Waals surface area contributed by atoms with Crippen LogP contribution in [0, 0.1) is 23.3 Å². The van der Waals surface area contributed by atoms with E-state index in [0.717, 1.165) is 25.0 Å². The Morgan fingerprint density at radius 3 is 1.96 bits per heavy atom. The molecule has 0 amide bonds. The first-order valence-electron chi connectivity index (χ1n) is 8.15. The molecule has 0 heterocycles. The van der Waals surface area contributed by atoms with Gasteiger partial charge in [-0.1, -0.05) is 40.5 Å². The molecule has 0 spiro atoms. The van der Waals surface area contributed by atoms with Gasteiger partial charge in [0.15, 0.2) is 31.6 Å². The van der Waals surface area contributed by atoms with Gasteiger partial charge in [-0.25, -0.2) is 17.6 Å². The second-order valence-corrected chi connectivity index (χ2v) is 11.6. The molecule has 23 heavy (non-hydrogen) atoms. The lowest BCUT2D eigenvalue weighted by Gasteiger charge is -2.33. The van der Waals surface area contributed by atoms with Crippen molar-refractivity contribution in [1.82, 2.24) is 0 Å².